The van der Waals surface area contributed by atoms with Crippen LogP contribution in [0.3, 0.4) is 0 Å². The molecule has 2 rings (SSSR count). The van der Waals surface area contributed by atoms with Crippen molar-refractivity contribution in [3.63, 3.8) is 0 Å². The van der Waals surface area contributed by atoms with Gasteiger partial charge in [0.15, 0.2) is 5.96 Å². The van der Waals surface area contributed by atoms with Crippen molar-refractivity contribution < 1.29 is 4.74 Å². The number of benzene rings is 1. The zero-order chi connectivity index (χ0) is 17.9. The highest BCUT2D eigenvalue weighted by Gasteiger charge is 2.25. The Morgan fingerprint density at radius 3 is 2.69 bits per heavy atom. The minimum Gasteiger partial charge on any atom is -0.380 e. The summed E-state index contributed by atoms with van der Waals surface area (Å²) in [6.07, 6.45) is 2.29. The molecule has 0 saturated carbocycles. The minimum absolute atomic E-state index is 0. The topological polar surface area (TPSA) is 48.9 Å². The Bertz CT molecular complexity index is 512. The Labute approximate surface area is 176 Å². The summed E-state index contributed by atoms with van der Waals surface area (Å²) in [4.78, 5) is 7.19. The quantitative estimate of drug-likeness (QED) is 0.263. The van der Waals surface area contributed by atoms with Crippen LogP contribution in [0.4, 0.5) is 0 Å². The lowest BCUT2D eigenvalue weighted by atomic mass is 9.97. The summed E-state index contributed by atoms with van der Waals surface area (Å²) in [5.41, 5.74) is 1.39. The summed E-state index contributed by atoms with van der Waals surface area (Å²) >= 11 is 0. The predicted molar refractivity (Wildman–Crippen MR) is 120 cm³/mol. The summed E-state index contributed by atoms with van der Waals surface area (Å²) in [7, 11) is 0. The third-order valence-corrected chi connectivity index (χ3v) is 4.64. The van der Waals surface area contributed by atoms with Gasteiger partial charge >= 0.3 is 0 Å². The van der Waals surface area contributed by atoms with Gasteiger partial charge in [-0.3, -0.25) is 9.89 Å². The summed E-state index contributed by atoms with van der Waals surface area (Å²) in [6.45, 7) is 11.6. The molecule has 2 N–H and O–H groups in total. The number of piperidine rings is 1. The smallest absolute Gasteiger partial charge is 0.191 e. The van der Waals surface area contributed by atoms with Gasteiger partial charge in [0.1, 0.15) is 0 Å². The number of aliphatic imine (C=N–C) groups is 1. The van der Waals surface area contributed by atoms with Crippen molar-refractivity contribution >= 4 is 29.9 Å². The molecule has 5 nitrogen and oxygen atoms in total. The molecule has 0 aromatic heterocycles. The first-order chi connectivity index (χ1) is 12.2. The molecule has 1 aromatic carbocycles. The van der Waals surface area contributed by atoms with Gasteiger partial charge in [-0.1, -0.05) is 30.3 Å². The lowest BCUT2D eigenvalue weighted by Gasteiger charge is -2.38. The van der Waals surface area contributed by atoms with Crippen LogP contribution in [-0.4, -0.2) is 55.8 Å². The first-order valence-electron chi connectivity index (χ1n) is 9.63. The second kappa shape index (κ2) is 13.3. The van der Waals surface area contributed by atoms with Gasteiger partial charge in [0, 0.05) is 38.3 Å². The Morgan fingerprint density at radius 1 is 1.27 bits per heavy atom. The van der Waals surface area contributed by atoms with Crippen LogP contribution in [0, 0.1) is 0 Å². The van der Waals surface area contributed by atoms with Crippen LogP contribution in [-0.2, 0) is 11.3 Å². The number of likely N-dealkylation sites (tertiary alicyclic amines) is 1. The van der Waals surface area contributed by atoms with Crippen molar-refractivity contribution in [1.29, 1.82) is 0 Å². The van der Waals surface area contributed by atoms with Gasteiger partial charge in [-0.05, 0) is 39.2 Å². The fraction of sp³-hybridized carbons (Fsp3) is 0.650. The van der Waals surface area contributed by atoms with Crippen LogP contribution >= 0.6 is 24.0 Å². The highest BCUT2D eigenvalue weighted by molar-refractivity contribution is 14.0. The highest BCUT2D eigenvalue weighted by Crippen LogP contribution is 2.19. The van der Waals surface area contributed by atoms with E-state index in [9.17, 15) is 0 Å². The second-order valence-corrected chi connectivity index (χ2v) is 6.63. The molecule has 0 spiro atoms. The van der Waals surface area contributed by atoms with Gasteiger partial charge in [-0.25, -0.2) is 0 Å². The molecule has 2 unspecified atom stereocenters. The Morgan fingerprint density at radius 2 is 2.04 bits per heavy atom. The van der Waals surface area contributed by atoms with Crippen LogP contribution in [0.2, 0.25) is 0 Å². The van der Waals surface area contributed by atoms with E-state index in [4.69, 9.17) is 4.74 Å². The number of guanidine groups is 1. The predicted octanol–water partition coefficient (Wildman–Crippen LogP) is 3.25. The zero-order valence-electron chi connectivity index (χ0n) is 16.4. The summed E-state index contributed by atoms with van der Waals surface area (Å²) in [5.74, 6) is 0.913. The lowest BCUT2D eigenvalue weighted by molar-refractivity contribution is 0.134. The molecule has 0 aliphatic carbocycles. The van der Waals surface area contributed by atoms with E-state index in [1.807, 2.05) is 6.92 Å². The number of nitrogens with one attached hydrogen (secondary N) is 2. The second-order valence-electron chi connectivity index (χ2n) is 6.63. The molecule has 26 heavy (non-hydrogen) atoms. The van der Waals surface area contributed by atoms with Crippen LogP contribution in [0.15, 0.2) is 35.3 Å². The van der Waals surface area contributed by atoms with Crippen molar-refractivity contribution in [2.75, 3.05) is 32.8 Å². The van der Waals surface area contributed by atoms with Crippen molar-refractivity contribution in [3.8, 4) is 0 Å². The van der Waals surface area contributed by atoms with Gasteiger partial charge in [-0.2, -0.15) is 0 Å². The monoisotopic (exact) mass is 474 g/mol. The van der Waals surface area contributed by atoms with Crippen molar-refractivity contribution in [1.82, 2.24) is 15.5 Å². The number of halogens is 1. The van der Waals surface area contributed by atoms with Crippen LogP contribution < -0.4 is 10.6 Å². The van der Waals surface area contributed by atoms with Gasteiger partial charge < -0.3 is 15.4 Å². The van der Waals surface area contributed by atoms with E-state index in [1.54, 1.807) is 0 Å². The average molecular weight is 474 g/mol. The zero-order valence-corrected chi connectivity index (χ0v) is 18.7. The summed E-state index contributed by atoms with van der Waals surface area (Å²) in [5, 5.41) is 6.95. The maximum atomic E-state index is 5.37. The molecule has 148 valence electrons. The fourth-order valence-corrected chi connectivity index (χ4v) is 3.28. The van der Waals surface area contributed by atoms with E-state index < -0.39 is 0 Å². The van der Waals surface area contributed by atoms with Crippen molar-refractivity contribution in [2.24, 2.45) is 4.99 Å². The lowest BCUT2D eigenvalue weighted by Crippen LogP contribution is -2.51. The number of hydrogen-bond acceptors (Lipinski definition) is 3. The molecule has 0 bridgehead atoms. The maximum Gasteiger partial charge on any atom is 0.191 e. The Kier molecular flexibility index (Phi) is 11.9. The molecule has 1 aliphatic rings. The molecular formula is C20H35IN4O. The fourth-order valence-electron chi connectivity index (χ4n) is 3.28. The number of hydrogen-bond donors (Lipinski definition) is 2. The van der Waals surface area contributed by atoms with E-state index in [2.05, 4.69) is 64.7 Å². The van der Waals surface area contributed by atoms with E-state index >= 15 is 0 Å². The maximum absolute atomic E-state index is 5.37. The van der Waals surface area contributed by atoms with Gasteiger partial charge in [-0.15, -0.1) is 24.0 Å². The summed E-state index contributed by atoms with van der Waals surface area (Å²) in [6, 6.07) is 11.8. The number of nitrogens with zero attached hydrogens (tertiary/aromatic N) is 2. The van der Waals surface area contributed by atoms with E-state index in [-0.39, 0.29) is 24.0 Å². The molecule has 2 atom stereocenters. The first kappa shape index (κ1) is 23.2. The van der Waals surface area contributed by atoms with E-state index in [0.717, 1.165) is 45.0 Å². The highest BCUT2D eigenvalue weighted by atomic mass is 127. The van der Waals surface area contributed by atoms with Crippen LogP contribution in [0.1, 0.15) is 39.2 Å². The van der Waals surface area contributed by atoms with Gasteiger partial charge in [0.2, 0.25) is 0 Å². The molecule has 1 heterocycles. The van der Waals surface area contributed by atoms with E-state index in [0.29, 0.717) is 25.2 Å². The van der Waals surface area contributed by atoms with Gasteiger partial charge in [0.25, 0.3) is 0 Å². The SMILES string of the molecule is CCNC(=NCCOCC)NC1CCN(Cc2ccccc2)C(C)C1.I. The third kappa shape index (κ3) is 8.22. The third-order valence-electron chi connectivity index (χ3n) is 4.64. The molecule has 1 aliphatic heterocycles. The molecule has 1 fully saturated rings. The Balaban J connectivity index is 0.00000338. The number of rotatable bonds is 8. The average Bonchev–Trinajstić information content (AvgIpc) is 2.62. The van der Waals surface area contributed by atoms with Crippen molar-refractivity contribution in [2.45, 2.75) is 52.2 Å². The molecular weight excluding hydrogens is 439 g/mol. The molecule has 6 heteroatoms. The normalized spacial score (nSPS) is 21.1. The summed E-state index contributed by atoms with van der Waals surface area (Å²) < 4.78 is 5.37. The molecule has 1 aromatic rings. The molecule has 0 amide bonds. The molecule has 1 saturated heterocycles. The standard InChI is InChI=1S/C20H34N4O.HI/c1-4-21-20(22-12-14-25-5-2)23-19-11-13-24(17(3)15-19)16-18-9-7-6-8-10-18;/h6-10,17,19H,4-5,11-16H2,1-3H3,(H2,21,22,23);1H. The van der Waals surface area contributed by atoms with Crippen LogP contribution in [0.5, 0.6) is 0 Å². The molecule has 0 radical (unpaired) electrons. The first-order valence-corrected chi connectivity index (χ1v) is 9.63. The van der Waals surface area contributed by atoms with E-state index in [1.165, 1.54) is 5.56 Å². The minimum atomic E-state index is 0. The Hall–Kier alpha value is -0.860. The largest absolute Gasteiger partial charge is 0.380 e. The van der Waals surface area contributed by atoms with Gasteiger partial charge in [0.05, 0.1) is 13.2 Å². The van der Waals surface area contributed by atoms with Crippen LogP contribution in [0.25, 0.3) is 0 Å². The number of ether oxygens (including phenoxy) is 1. The van der Waals surface area contributed by atoms with Crippen molar-refractivity contribution in [3.05, 3.63) is 35.9 Å².